The van der Waals surface area contributed by atoms with Gasteiger partial charge in [-0.05, 0) is 43.8 Å². The van der Waals surface area contributed by atoms with E-state index in [2.05, 4.69) is 22.3 Å². The van der Waals surface area contributed by atoms with Gasteiger partial charge in [0.1, 0.15) is 0 Å². The van der Waals surface area contributed by atoms with Crippen LogP contribution >= 0.6 is 11.6 Å². The first-order valence-corrected chi connectivity index (χ1v) is 8.16. The van der Waals surface area contributed by atoms with Gasteiger partial charge in [0.25, 0.3) is 0 Å². The molecule has 0 heterocycles. The summed E-state index contributed by atoms with van der Waals surface area (Å²) in [5.41, 5.74) is 2.14. The van der Waals surface area contributed by atoms with Crippen LogP contribution in [-0.2, 0) is 11.2 Å². The van der Waals surface area contributed by atoms with Crippen LogP contribution in [0.4, 0.5) is 0 Å². The Morgan fingerprint density at radius 1 is 1.09 bits per heavy atom. The first kappa shape index (κ1) is 17.5. The molecule has 0 aliphatic carbocycles. The van der Waals surface area contributed by atoms with E-state index in [-0.39, 0.29) is 11.8 Å². The van der Waals surface area contributed by atoms with Gasteiger partial charge in [-0.3, -0.25) is 4.79 Å². The molecule has 3 nitrogen and oxygen atoms in total. The van der Waals surface area contributed by atoms with Gasteiger partial charge in [-0.15, -0.1) is 0 Å². The van der Waals surface area contributed by atoms with Gasteiger partial charge < -0.3 is 10.2 Å². The van der Waals surface area contributed by atoms with Crippen molar-refractivity contribution in [3.8, 4) is 0 Å². The summed E-state index contributed by atoms with van der Waals surface area (Å²) in [7, 11) is 3.99. The summed E-state index contributed by atoms with van der Waals surface area (Å²) in [6.07, 6.45) is 0.677. The van der Waals surface area contributed by atoms with Crippen molar-refractivity contribution >= 4 is 17.5 Å². The molecule has 1 amide bonds. The fourth-order valence-corrected chi connectivity index (χ4v) is 2.56. The molecule has 0 fully saturated rings. The molecule has 0 radical (unpaired) electrons. The number of halogens is 1. The zero-order valence-corrected chi connectivity index (χ0v) is 14.4. The standard InChI is InChI=1S/C19H23ClN2O/c1-22(2)13-12-21-19(23)18(14-15-6-4-3-5-7-15)16-8-10-17(20)11-9-16/h3-11,18H,12-14H2,1-2H3,(H,21,23). The molecule has 2 rings (SSSR count). The van der Waals surface area contributed by atoms with E-state index in [1.54, 1.807) is 0 Å². The van der Waals surface area contributed by atoms with Crippen molar-refractivity contribution in [2.24, 2.45) is 0 Å². The lowest BCUT2D eigenvalue weighted by molar-refractivity contribution is -0.122. The van der Waals surface area contributed by atoms with Crippen LogP contribution in [0, 0.1) is 0 Å². The summed E-state index contributed by atoms with van der Waals surface area (Å²) in [5, 5.41) is 3.71. The van der Waals surface area contributed by atoms with E-state index in [0.717, 1.165) is 17.7 Å². The zero-order valence-electron chi connectivity index (χ0n) is 13.6. The van der Waals surface area contributed by atoms with Crippen LogP contribution in [0.2, 0.25) is 5.02 Å². The summed E-state index contributed by atoms with van der Waals surface area (Å²) in [6.45, 7) is 1.47. The summed E-state index contributed by atoms with van der Waals surface area (Å²) in [4.78, 5) is 14.7. The van der Waals surface area contributed by atoms with E-state index in [0.29, 0.717) is 18.0 Å². The molecule has 0 saturated heterocycles. The fourth-order valence-electron chi connectivity index (χ4n) is 2.43. The van der Waals surface area contributed by atoms with E-state index in [4.69, 9.17) is 11.6 Å². The van der Waals surface area contributed by atoms with Gasteiger partial charge in [0.15, 0.2) is 0 Å². The van der Waals surface area contributed by atoms with Crippen LogP contribution in [0.3, 0.4) is 0 Å². The lowest BCUT2D eigenvalue weighted by Crippen LogP contribution is -2.35. The van der Waals surface area contributed by atoms with E-state index in [1.165, 1.54) is 0 Å². The first-order valence-electron chi connectivity index (χ1n) is 7.78. The Kier molecular flexibility index (Phi) is 6.63. The Morgan fingerprint density at radius 2 is 1.74 bits per heavy atom. The molecule has 1 atom stereocenters. The third kappa shape index (κ3) is 5.70. The number of nitrogens with zero attached hydrogens (tertiary/aromatic N) is 1. The summed E-state index contributed by atoms with van der Waals surface area (Å²) in [6, 6.07) is 17.6. The van der Waals surface area contributed by atoms with Gasteiger partial charge in [0.2, 0.25) is 5.91 Å². The van der Waals surface area contributed by atoms with Crippen molar-refractivity contribution in [1.82, 2.24) is 10.2 Å². The minimum Gasteiger partial charge on any atom is -0.354 e. The molecule has 4 heteroatoms. The maximum absolute atomic E-state index is 12.7. The first-order chi connectivity index (χ1) is 11.1. The fraction of sp³-hybridized carbons (Fsp3) is 0.316. The molecule has 1 unspecified atom stereocenters. The smallest absolute Gasteiger partial charge is 0.227 e. The van der Waals surface area contributed by atoms with Crippen molar-refractivity contribution in [2.75, 3.05) is 27.2 Å². The average Bonchev–Trinajstić information content (AvgIpc) is 2.54. The molecular weight excluding hydrogens is 308 g/mol. The van der Waals surface area contributed by atoms with Gasteiger partial charge in [0.05, 0.1) is 5.92 Å². The number of hydrogen-bond donors (Lipinski definition) is 1. The van der Waals surface area contributed by atoms with Gasteiger partial charge in [-0.1, -0.05) is 54.1 Å². The minimum absolute atomic E-state index is 0.0537. The number of hydrogen-bond acceptors (Lipinski definition) is 2. The number of nitrogens with one attached hydrogen (secondary N) is 1. The van der Waals surface area contributed by atoms with E-state index >= 15 is 0 Å². The number of carbonyl (C=O) groups excluding carboxylic acids is 1. The highest BCUT2D eigenvalue weighted by molar-refractivity contribution is 6.30. The summed E-state index contributed by atoms with van der Waals surface area (Å²) < 4.78 is 0. The predicted molar refractivity (Wildman–Crippen MR) is 95.9 cm³/mol. The second-order valence-corrected chi connectivity index (χ2v) is 6.32. The number of carbonyl (C=O) groups is 1. The van der Waals surface area contributed by atoms with Crippen molar-refractivity contribution < 1.29 is 4.79 Å². The Labute approximate surface area is 143 Å². The number of likely N-dealkylation sites (N-methyl/N-ethyl adjacent to an activating group) is 1. The molecule has 122 valence electrons. The molecule has 0 aromatic heterocycles. The lowest BCUT2D eigenvalue weighted by atomic mass is 9.91. The highest BCUT2D eigenvalue weighted by atomic mass is 35.5. The lowest BCUT2D eigenvalue weighted by Gasteiger charge is -2.18. The van der Waals surface area contributed by atoms with Gasteiger partial charge in [0, 0.05) is 18.1 Å². The Bertz CT molecular complexity index is 611. The maximum Gasteiger partial charge on any atom is 0.227 e. The molecule has 0 bridgehead atoms. The second kappa shape index (κ2) is 8.70. The minimum atomic E-state index is -0.211. The molecule has 2 aromatic carbocycles. The van der Waals surface area contributed by atoms with Crippen LogP contribution < -0.4 is 5.32 Å². The third-order valence-electron chi connectivity index (χ3n) is 3.73. The molecule has 2 aromatic rings. The zero-order chi connectivity index (χ0) is 16.7. The Morgan fingerprint density at radius 3 is 2.35 bits per heavy atom. The molecule has 0 aliphatic heterocycles. The van der Waals surface area contributed by atoms with E-state index in [1.807, 2.05) is 56.6 Å². The number of benzene rings is 2. The molecule has 0 saturated carbocycles. The van der Waals surface area contributed by atoms with E-state index < -0.39 is 0 Å². The third-order valence-corrected chi connectivity index (χ3v) is 3.98. The SMILES string of the molecule is CN(C)CCNC(=O)C(Cc1ccccc1)c1ccc(Cl)cc1. The highest BCUT2D eigenvalue weighted by Gasteiger charge is 2.20. The summed E-state index contributed by atoms with van der Waals surface area (Å²) in [5.74, 6) is -0.158. The Hall–Kier alpha value is -1.84. The number of rotatable bonds is 7. The predicted octanol–water partition coefficient (Wildman–Crippen LogP) is 3.34. The maximum atomic E-state index is 12.7. The Balaban J connectivity index is 2.13. The highest BCUT2D eigenvalue weighted by Crippen LogP contribution is 2.23. The topological polar surface area (TPSA) is 32.3 Å². The van der Waals surface area contributed by atoms with Crippen molar-refractivity contribution in [3.05, 3.63) is 70.7 Å². The van der Waals surface area contributed by atoms with Crippen LogP contribution in [-0.4, -0.2) is 38.0 Å². The van der Waals surface area contributed by atoms with Crippen LogP contribution in [0.1, 0.15) is 17.0 Å². The van der Waals surface area contributed by atoms with Crippen molar-refractivity contribution in [1.29, 1.82) is 0 Å². The summed E-state index contributed by atoms with van der Waals surface area (Å²) >= 11 is 5.97. The molecule has 0 spiro atoms. The molecule has 0 aliphatic rings. The largest absolute Gasteiger partial charge is 0.354 e. The number of amides is 1. The monoisotopic (exact) mass is 330 g/mol. The molecular formula is C19H23ClN2O. The van der Waals surface area contributed by atoms with Crippen LogP contribution in [0.5, 0.6) is 0 Å². The second-order valence-electron chi connectivity index (χ2n) is 5.89. The van der Waals surface area contributed by atoms with Gasteiger partial charge >= 0.3 is 0 Å². The molecule has 1 N–H and O–H groups in total. The van der Waals surface area contributed by atoms with Gasteiger partial charge in [-0.2, -0.15) is 0 Å². The van der Waals surface area contributed by atoms with Crippen molar-refractivity contribution in [2.45, 2.75) is 12.3 Å². The van der Waals surface area contributed by atoms with E-state index in [9.17, 15) is 4.79 Å². The normalized spacial score (nSPS) is 12.2. The average molecular weight is 331 g/mol. The quantitative estimate of drug-likeness (QED) is 0.844. The van der Waals surface area contributed by atoms with Crippen LogP contribution in [0.15, 0.2) is 54.6 Å². The van der Waals surface area contributed by atoms with Crippen molar-refractivity contribution in [3.63, 3.8) is 0 Å². The molecule has 23 heavy (non-hydrogen) atoms. The van der Waals surface area contributed by atoms with Gasteiger partial charge in [-0.25, -0.2) is 0 Å². The van der Waals surface area contributed by atoms with Crippen LogP contribution in [0.25, 0.3) is 0 Å².